The number of hydrogen-bond donors (Lipinski definition) is 2. The van der Waals surface area contributed by atoms with Gasteiger partial charge in [-0.25, -0.2) is 0 Å². The van der Waals surface area contributed by atoms with Crippen LogP contribution in [0.15, 0.2) is 24.3 Å². The first kappa shape index (κ1) is 18.5. The molecule has 0 aromatic heterocycles. The van der Waals surface area contributed by atoms with E-state index >= 15 is 0 Å². The van der Waals surface area contributed by atoms with Crippen molar-refractivity contribution in [2.75, 3.05) is 13.1 Å². The highest BCUT2D eigenvalue weighted by molar-refractivity contribution is 5.88. The van der Waals surface area contributed by atoms with E-state index in [0.717, 1.165) is 24.0 Å². The van der Waals surface area contributed by atoms with Gasteiger partial charge < -0.3 is 16.0 Å². The SMILES string of the molecule is CC(C)CC(=O)N1Cc2ccccc2CC1C(=O)NCCCCN. The van der Waals surface area contributed by atoms with Crippen LogP contribution in [-0.2, 0) is 22.6 Å². The van der Waals surface area contributed by atoms with Crippen LogP contribution in [0.1, 0.15) is 44.2 Å². The summed E-state index contributed by atoms with van der Waals surface area (Å²) in [6.07, 6.45) is 2.82. The van der Waals surface area contributed by atoms with Gasteiger partial charge in [0.25, 0.3) is 0 Å². The Labute approximate surface area is 144 Å². The molecule has 1 aliphatic heterocycles. The zero-order valence-electron chi connectivity index (χ0n) is 14.8. The van der Waals surface area contributed by atoms with Gasteiger partial charge >= 0.3 is 0 Å². The number of benzene rings is 1. The second-order valence-electron chi connectivity index (χ2n) is 6.90. The van der Waals surface area contributed by atoms with Gasteiger partial charge in [-0.2, -0.15) is 0 Å². The third kappa shape index (κ3) is 4.81. The van der Waals surface area contributed by atoms with Gasteiger partial charge in [0.1, 0.15) is 6.04 Å². The number of amides is 2. The Hall–Kier alpha value is -1.88. The van der Waals surface area contributed by atoms with Gasteiger partial charge in [-0.15, -0.1) is 0 Å². The number of fused-ring (bicyclic) bond motifs is 1. The summed E-state index contributed by atoms with van der Waals surface area (Å²) in [6.45, 7) is 5.81. The van der Waals surface area contributed by atoms with E-state index in [1.807, 2.05) is 38.1 Å². The van der Waals surface area contributed by atoms with Gasteiger partial charge in [0.2, 0.25) is 11.8 Å². The highest BCUT2D eigenvalue weighted by Crippen LogP contribution is 2.25. The summed E-state index contributed by atoms with van der Waals surface area (Å²) in [4.78, 5) is 27.0. The molecule has 3 N–H and O–H groups in total. The van der Waals surface area contributed by atoms with Crippen molar-refractivity contribution in [2.45, 2.75) is 52.1 Å². The van der Waals surface area contributed by atoms with Crippen molar-refractivity contribution in [3.05, 3.63) is 35.4 Å². The normalized spacial score (nSPS) is 16.8. The van der Waals surface area contributed by atoms with Gasteiger partial charge in [-0.05, 0) is 36.4 Å². The summed E-state index contributed by atoms with van der Waals surface area (Å²) < 4.78 is 0. The standard InChI is InChI=1S/C19H29N3O2/c1-14(2)11-18(23)22-13-16-8-4-3-7-15(16)12-17(22)19(24)21-10-6-5-9-20/h3-4,7-8,14,17H,5-6,9-13,20H2,1-2H3,(H,21,24). The lowest BCUT2D eigenvalue weighted by molar-refractivity contribution is -0.142. The molecule has 5 nitrogen and oxygen atoms in total. The molecule has 0 saturated carbocycles. The van der Waals surface area contributed by atoms with E-state index in [1.165, 1.54) is 0 Å². The van der Waals surface area contributed by atoms with Crippen molar-refractivity contribution in [1.29, 1.82) is 0 Å². The van der Waals surface area contributed by atoms with Gasteiger partial charge in [-0.3, -0.25) is 9.59 Å². The maximum atomic E-state index is 12.6. The van der Waals surface area contributed by atoms with E-state index < -0.39 is 6.04 Å². The maximum absolute atomic E-state index is 12.6. The van der Waals surface area contributed by atoms with Crippen LogP contribution in [0.2, 0.25) is 0 Å². The molecule has 0 radical (unpaired) electrons. The quantitative estimate of drug-likeness (QED) is 0.749. The Kier molecular flexibility index (Phi) is 6.79. The van der Waals surface area contributed by atoms with Crippen LogP contribution in [0.25, 0.3) is 0 Å². The maximum Gasteiger partial charge on any atom is 0.243 e. The predicted octanol–water partition coefficient (Wildman–Crippen LogP) is 1.84. The fraction of sp³-hybridized carbons (Fsp3) is 0.579. The molecule has 1 aromatic rings. The molecule has 5 heteroatoms. The van der Waals surface area contributed by atoms with E-state index in [1.54, 1.807) is 4.90 Å². The number of carbonyl (C=O) groups is 2. The lowest BCUT2D eigenvalue weighted by Gasteiger charge is -2.36. The van der Waals surface area contributed by atoms with Crippen molar-refractivity contribution in [1.82, 2.24) is 10.2 Å². The van der Waals surface area contributed by atoms with Crippen molar-refractivity contribution in [2.24, 2.45) is 11.7 Å². The van der Waals surface area contributed by atoms with E-state index in [0.29, 0.717) is 32.5 Å². The van der Waals surface area contributed by atoms with E-state index in [9.17, 15) is 9.59 Å². The first-order valence-electron chi connectivity index (χ1n) is 8.87. The number of nitrogens with two attached hydrogens (primary N) is 1. The Morgan fingerprint density at radius 1 is 1.25 bits per heavy atom. The minimum Gasteiger partial charge on any atom is -0.354 e. The van der Waals surface area contributed by atoms with Crippen LogP contribution in [0.3, 0.4) is 0 Å². The van der Waals surface area contributed by atoms with E-state index in [-0.39, 0.29) is 17.7 Å². The molecule has 1 heterocycles. The molecule has 0 spiro atoms. The fourth-order valence-electron chi connectivity index (χ4n) is 3.08. The molecule has 132 valence electrons. The Morgan fingerprint density at radius 2 is 1.96 bits per heavy atom. The summed E-state index contributed by atoms with van der Waals surface area (Å²) in [5.41, 5.74) is 7.78. The molecule has 1 unspecified atom stereocenters. The summed E-state index contributed by atoms with van der Waals surface area (Å²) in [6, 6.07) is 7.65. The Bertz CT molecular complexity index is 571. The Balaban J connectivity index is 2.11. The van der Waals surface area contributed by atoms with Gasteiger partial charge in [0, 0.05) is 25.9 Å². The topological polar surface area (TPSA) is 75.4 Å². The van der Waals surface area contributed by atoms with Crippen molar-refractivity contribution in [3.8, 4) is 0 Å². The Morgan fingerprint density at radius 3 is 2.62 bits per heavy atom. The molecule has 1 atom stereocenters. The second kappa shape index (κ2) is 8.83. The highest BCUT2D eigenvalue weighted by Gasteiger charge is 2.34. The van der Waals surface area contributed by atoms with Crippen molar-refractivity contribution >= 4 is 11.8 Å². The first-order valence-corrected chi connectivity index (χ1v) is 8.87. The van der Waals surface area contributed by atoms with Gasteiger partial charge in [0.05, 0.1) is 0 Å². The predicted molar refractivity (Wildman–Crippen MR) is 95.2 cm³/mol. The summed E-state index contributed by atoms with van der Waals surface area (Å²) >= 11 is 0. The molecule has 0 saturated heterocycles. The van der Waals surface area contributed by atoms with Crippen LogP contribution in [0.5, 0.6) is 0 Å². The van der Waals surface area contributed by atoms with Gasteiger partial charge in [0.15, 0.2) is 0 Å². The zero-order chi connectivity index (χ0) is 17.5. The third-order valence-electron chi connectivity index (χ3n) is 4.38. The fourth-order valence-corrected chi connectivity index (χ4v) is 3.08. The summed E-state index contributed by atoms with van der Waals surface area (Å²) in [5, 5.41) is 2.97. The molecule has 24 heavy (non-hydrogen) atoms. The second-order valence-corrected chi connectivity index (χ2v) is 6.90. The van der Waals surface area contributed by atoms with Crippen molar-refractivity contribution < 1.29 is 9.59 Å². The molecule has 2 amide bonds. The molecular formula is C19H29N3O2. The largest absolute Gasteiger partial charge is 0.354 e. The smallest absolute Gasteiger partial charge is 0.243 e. The van der Waals surface area contributed by atoms with Crippen LogP contribution in [0.4, 0.5) is 0 Å². The number of unbranched alkanes of at least 4 members (excludes halogenated alkanes) is 1. The molecule has 0 aliphatic carbocycles. The lowest BCUT2D eigenvalue weighted by Crippen LogP contribution is -2.52. The van der Waals surface area contributed by atoms with Crippen molar-refractivity contribution in [3.63, 3.8) is 0 Å². The van der Waals surface area contributed by atoms with E-state index in [4.69, 9.17) is 5.73 Å². The first-order chi connectivity index (χ1) is 11.5. The molecular weight excluding hydrogens is 302 g/mol. The monoisotopic (exact) mass is 331 g/mol. The minimum atomic E-state index is -0.413. The van der Waals surface area contributed by atoms with E-state index in [2.05, 4.69) is 5.32 Å². The highest BCUT2D eigenvalue weighted by atomic mass is 16.2. The lowest BCUT2D eigenvalue weighted by atomic mass is 9.92. The minimum absolute atomic E-state index is 0.0568. The average Bonchev–Trinajstić information content (AvgIpc) is 2.56. The number of hydrogen-bond acceptors (Lipinski definition) is 3. The molecule has 0 fully saturated rings. The average molecular weight is 331 g/mol. The summed E-state index contributed by atoms with van der Waals surface area (Å²) in [7, 11) is 0. The van der Waals surface area contributed by atoms with Crippen LogP contribution in [0, 0.1) is 5.92 Å². The molecule has 0 bridgehead atoms. The number of rotatable bonds is 7. The summed E-state index contributed by atoms with van der Waals surface area (Å²) in [5.74, 6) is 0.281. The van der Waals surface area contributed by atoms with Crippen LogP contribution >= 0.6 is 0 Å². The molecule has 1 aliphatic rings. The zero-order valence-corrected chi connectivity index (χ0v) is 14.8. The molecule has 1 aromatic carbocycles. The number of carbonyl (C=O) groups excluding carboxylic acids is 2. The molecule has 2 rings (SSSR count). The number of nitrogens with one attached hydrogen (secondary N) is 1. The third-order valence-corrected chi connectivity index (χ3v) is 4.38. The van der Waals surface area contributed by atoms with Crippen LogP contribution in [-0.4, -0.2) is 35.8 Å². The van der Waals surface area contributed by atoms with Crippen LogP contribution < -0.4 is 11.1 Å². The van der Waals surface area contributed by atoms with Gasteiger partial charge in [-0.1, -0.05) is 38.1 Å². The number of nitrogens with zero attached hydrogens (tertiary/aromatic N) is 1.